The quantitative estimate of drug-likeness (QED) is 0.798. The maximum Gasteiger partial charge on any atom is 0.346 e. The molecule has 0 atom stereocenters. The van der Waals surface area contributed by atoms with Crippen molar-refractivity contribution in [3.8, 4) is 0 Å². The first-order valence-electron chi connectivity index (χ1n) is 7.99. The third-order valence-corrected chi connectivity index (χ3v) is 5.27. The first-order valence-corrected chi connectivity index (χ1v) is 9.47. The first-order chi connectivity index (χ1) is 11.4. The van der Waals surface area contributed by atoms with Gasteiger partial charge in [-0.3, -0.25) is 0 Å². The zero-order valence-corrected chi connectivity index (χ0v) is 15.0. The molecule has 130 valence electrons. The summed E-state index contributed by atoms with van der Waals surface area (Å²) >= 11 is 0. The van der Waals surface area contributed by atoms with Gasteiger partial charge in [-0.1, -0.05) is 25.5 Å². The van der Waals surface area contributed by atoms with Crippen LogP contribution in [0.4, 0.5) is 4.79 Å². The van der Waals surface area contributed by atoms with Crippen LogP contribution >= 0.6 is 0 Å². The molecule has 24 heavy (non-hydrogen) atoms. The summed E-state index contributed by atoms with van der Waals surface area (Å²) in [6.45, 7) is 6.77. The van der Waals surface area contributed by atoms with Gasteiger partial charge in [-0.2, -0.15) is 4.68 Å². The van der Waals surface area contributed by atoms with Crippen LogP contribution in [0, 0.1) is 0 Å². The molecule has 1 aromatic heterocycles. The van der Waals surface area contributed by atoms with E-state index in [2.05, 4.69) is 17.0 Å². The van der Waals surface area contributed by atoms with E-state index in [4.69, 9.17) is 0 Å². The molecule has 1 heterocycles. The molecule has 0 saturated heterocycles. The minimum absolute atomic E-state index is 0.121. The number of aromatic nitrogens is 3. The Morgan fingerprint density at radius 3 is 2.29 bits per heavy atom. The Morgan fingerprint density at radius 2 is 1.75 bits per heavy atom. The Morgan fingerprint density at radius 1 is 1.12 bits per heavy atom. The molecular weight excluding hydrogens is 328 g/mol. The van der Waals surface area contributed by atoms with E-state index in [0.29, 0.717) is 13.1 Å². The summed E-state index contributed by atoms with van der Waals surface area (Å²) in [5.74, 6) is 0. The molecule has 0 fully saturated rings. The van der Waals surface area contributed by atoms with Crippen molar-refractivity contribution in [3.63, 3.8) is 0 Å². The van der Waals surface area contributed by atoms with Crippen molar-refractivity contribution in [2.45, 2.75) is 43.7 Å². The van der Waals surface area contributed by atoms with Crippen molar-refractivity contribution in [1.29, 1.82) is 0 Å². The number of hydrogen-bond donors (Lipinski definition) is 0. The van der Waals surface area contributed by atoms with Crippen LogP contribution in [0.25, 0.3) is 0 Å². The lowest BCUT2D eigenvalue weighted by Crippen LogP contribution is -2.34. The average molecular weight is 350 g/mol. The van der Waals surface area contributed by atoms with Crippen molar-refractivity contribution in [2.75, 3.05) is 13.1 Å². The van der Waals surface area contributed by atoms with Gasteiger partial charge in [0.2, 0.25) is 9.84 Å². The van der Waals surface area contributed by atoms with Crippen LogP contribution in [0.3, 0.4) is 0 Å². The second-order valence-electron chi connectivity index (χ2n) is 5.32. The van der Waals surface area contributed by atoms with Gasteiger partial charge < -0.3 is 4.90 Å². The summed E-state index contributed by atoms with van der Waals surface area (Å²) in [7, 11) is -3.84. The Kier molecular flexibility index (Phi) is 5.71. The fourth-order valence-corrected chi connectivity index (χ4v) is 3.42. The molecule has 0 saturated carbocycles. The lowest BCUT2D eigenvalue weighted by molar-refractivity contribution is 0.201. The third kappa shape index (κ3) is 3.64. The van der Waals surface area contributed by atoms with Gasteiger partial charge in [-0.25, -0.2) is 18.2 Å². The molecule has 0 aliphatic rings. The average Bonchev–Trinajstić information content (AvgIpc) is 3.07. The van der Waals surface area contributed by atoms with Gasteiger partial charge in [0, 0.05) is 13.1 Å². The van der Waals surface area contributed by atoms with Gasteiger partial charge >= 0.3 is 6.03 Å². The van der Waals surface area contributed by atoms with Crippen molar-refractivity contribution in [2.24, 2.45) is 0 Å². The van der Waals surface area contributed by atoms with Crippen LogP contribution in [0.1, 0.15) is 32.8 Å². The predicted molar refractivity (Wildman–Crippen MR) is 89.6 cm³/mol. The number of nitrogens with zero attached hydrogens (tertiary/aromatic N) is 4. The number of aryl methyl sites for hydroxylation is 1. The fourth-order valence-electron chi connectivity index (χ4n) is 2.33. The molecule has 8 heteroatoms. The summed E-state index contributed by atoms with van der Waals surface area (Å²) in [5, 5.41) is 3.49. The normalized spacial score (nSPS) is 11.5. The summed E-state index contributed by atoms with van der Waals surface area (Å²) < 4.78 is 26.1. The van der Waals surface area contributed by atoms with Crippen LogP contribution in [0.2, 0.25) is 0 Å². The molecule has 1 amide bonds. The maximum absolute atomic E-state index is 12.6. The van der Waals surface area contributed by atoms with E-state index >= 15 is 0 Å². The van der Waals surface area contributed by atoms with Gasteiger partial charge in [0.25, 0.3) is 5.16 Å². The summed E-state index contributed by atoms with van der Waals surface area (Å²) in [6.07, 6.45) is 3.02. The summed E-state index contributed by atoms with van der Waals surface area (Å²) in [5.41, 5.74) is 1.08. The lowest BCUT2D eigenvalue weighted by Gasteiger charge is -2.17. The van der Waals surface area contributed by atoms with Crippen molar-refractivity contribution < 1.29 is 13.2 Å². The molecule has 0 aliphatic heterocycles. The summed E-state index contributed by atoms with van der Waals surface area (Å²) in [6, 6.07) is 6.27. The molecule has 0 N–H and O–H groups in total. The molecule has 1 aromatic carbocycles. The number of sulfone groups is 1. The van der Waals surface area contributed by atoms with Crippen molar-refractivity contribution >= 4 is 15.9 Å². The fraction of sp³-hybridized carbons (Fsp3) is 0.438. The number of benzene rings is 1. The number of amides is 1. The highest BCUT2D eigenvalue weighted by Gasteiger charge is 2.24. The van der Waals surface area contributed by atoms with Crippen molar-refractivity contribution in [1.82, 2.24) is 19.7 Å². The van der Waals surface area contributed by atoms with Gasteiger partial charge in [-0.05, 0) is 38.0 Å². The Hall–Kier alpha value is -2.22. The molecule has 0 unspecified atom stereocenters. The number of rotatable bonds is 6. The topological polar surface area (TPSA) is 85.2 Å². The zero-order valence-electron chi connectivity index (χ0n) is 14.1. The smallest absolute Gasteiger partial charge is 0.323 e. The van der Waals surface area contributed by atoms with Gasteiger partial charge in [0.1, 0.15) is 6.33 Å². The molecule has 0 radical (unpaired) electrons. The minimum atomic E-state index is -3.84. The molecular formula is C16H22N4O3S. The Balaban J connectivity index is 2.29. The van der Waals surface area contributed by atoms with E-state index in [1.54, 1.807) is 24.3 Å². The van der Waals surface area contributed by atoms with Gasteiger partial charge in [-0.15, -0.1) is 5.10 Å². The van der Waals surface area contributed by atoms with E-state index in [0.717, 1.165) is 29.4 Å². The van der Waals surface area contributed by atoms with Crippen LogP contribution in [-0.2, 0) is 16.3 Å². The first kappa shape index (κ1) is 18.1. The SMILES string of the molecule is CCCc1ccc(S(=O)(=O)c2ncn(C(=O)N(CC)CC)n2)cc1. The standard InChI is InChI=1S/C16H22N4O3S/c1-4-7-13-8-10-14(11-9-13)24(22,23)15-17-12-20(18-15)16(21)19(5-2)6-3/h8-12H,4-7H2,1-3H3. The van der Waals surface area contributed by atoms with E-state index in [-0.39, 0.29) is 10.1 Å². The predicted octanol–water partition coefficient (Wildman–Crippen LogP) is 2.37. The highest BCUT2D eigenvalue weighted by atomic mass is 32.2. The largest absolute Gasteiger partial charge is 0.346 e. The second kappa shape index (κ2) is 7.57. The summed E-state index contributed by atoms with van der Waals surface area (Å²) in [4.78, 5) is 17.7. The molecule has 0 bridgehead atoms. The van der Waals surface area contributed by atoms with Crippen LogP contribution in [-0.4, -0.2) is 47.2 Å². The highest BCUT2D eigenvalue weighted by Crippen LogP contribution is 2.18. The van der Waals surface area contributed by atoms with Gasteiger partial charge in [0.15, 0.2) is 0 Å². The zero-order chi connectivity index (χ0) is 17.7. The molecule has 2 rings (SSSR count). The van der Waals surface area contributed by atoms with E-state index < -0.39 is 15.9 Å². The minimum Gasteiger partial charge on any atom is -0.323 e. The number of hydrogen-bond acceptors (Lipinski definition) is 5. The third-order valence-electron chi connectivity index (χ3n) is 3.71. The molecule has 0 spiro atoms. The van der Waals surface area contributed by atoms with E-state index in [1.165, 1.54) is 4.90 Å². The monoisotopic (exact) mass is 350 g/mol. The van der Waals surface area contributed by atoms with E-state index in [9.17, 15) is 13.2 Å². The molecule has 2 aromatic rings. The Bertz CT molecular complexity index is 793. The maximum atomic E-state index is 12.6. The Labute approximate surface area is 142 Å². The van der Waals surface area contributed by atoms with E-state index in [1.807, 2.05) is 13.8 Å². The highest BCUT2D eigenvalue weighted by molar-refractivity contribution is 7.91. The van der Waals surface area contributed by atoms with Crippen LogP contribution in [0.5, 0.6) is 0 Å². The molecule has 7 nitrogen and oxygen atoms in total. The number of carbonyl (C=O) groups excluding carboxylic acids is 1. The van der Waals surface area contributed by atoms with Gasteiger partial charge in [0.05, 0.1) is 4.90 Å². The number of carbonyl (C=O) groups is 1. The van der Waals surface area contributed by atoms with Crippen LogP contribution in [0.15, 0.2) is 40.6 Å². The second-order valence-corrected chi connectivity index (χ2v) is 7.17. The lowest BCUT2D eigenvalue weighted by atomic mass is 10.1. The van der Waals surface area contributed by atoms with Crippen LogP contribution < -0.4 is 0 Å². The van der Waals surface area contributed by atoms with Crippen molar-refractivity contribution in [3.05, 3.63) is 36.2 Å². The molecule has 0 aliphatic carbocycles.